The highest BCUT2D eigenvalue weighted by Gasteiger charge is 2.15. The fourth-order valence-electron chi connectivity index (χ4n) is 2.65. The van der Waals surface area contributed by atoms with Crippen LogP contribution in [0.5, 0.6) is 5.75 Å². The van der Waals surface area contributed by atoms with Crippen molar-refractivity contribution in [3.8, 4) is 11.8 Å². The summed E-state index contributed by atoms with van der Waals surface area (Å²) < 4.78 is 11.7. The molecule has 2 rings (SSSR count). The molecule has 1 aromatic carbocycles. The molecule has 21 heavy (non-hydrogen) atoms. The molecule has 1 unspecified atom stereocenters. The van der Waals surface area contributed by atoms with Crippen LogP contribution in [0.4, 0.5) is 0 Å². The van der Waals surface area contributed by atoms with Gasteiger partial charge in [0.15, 0.2) is 0 Å². The first kappa shape index (κ1) is 15.4. The topological polar surface area (TPSA) is 42.2 Å². The second-order valence-electron chi connectivity index (χ2n) is 5.56. The highest BCUT2D eigenvalue weighted by Crippen LogP contribution is 2.26. The maximum absolute atomic E-state index is 8.94. The predicted molar refractivity (Wildman–Crippen MR) is 83.2 cm³/mol. The van der Waals surface area contributed by atoms with Gasteiger partial charge >= 0.3 is 0 Å². The van der Waals surface area contributed by atoms with Crippen molar-refractivity contribution in [1.82, 2.24) is 0 Å². The lowest BCUT2D eigenvalue weighted by Gasteiger charge is -2.13. The fourth-order valence-corrected chi connectivity index (χ4v) is 2.65. The van der Waals surface area contributed by atoms with E-state index < -0.39 is 0 Å². The Balaban J connectivity index is 1.81. The number of aryl methyl sites for hydroxylation is 2. The molecule has 0 spiro atoms. The predicted octanol–water partition coefficient (Wildman–Crippen LogP) is 4.42. The molecule has 0 radical (unpaired) electrons. The molecule has 0 N–H and O–H groups in total. The molecule has 1 aliphatic heterocycles. The van der Waals surface area contributed by atoms with Crippen molar-refractivity contribution in [1.29, 1.82) is 5.26 Å². The lowest BCUT2D eigenvalue weighted by molar-refractivity contribution is 0.130. The van der Waals surface area contributed by atoms with E-state index in [0.717, 1.165) is 48.3 Å². The van der Waals surface area contributed by atoms with Gasteiger partial charge in [-0.05, 0) is 56.0 Å². The number of allylic oxidation sites excluding steroid dienone is 1. The fraction of sp³-hybridized carbons (Fsp3) is 0.500. The van der Waals surface area contributed by atoms with Gasteiger partial charge in [0, 0.05) is 12.8 Å². The summed E-state index contributed by atoms with van der Waals surface area (Å²) in [6, 6.07) is 5.91. The normalized spacial score (nSPS) is 17.0. The molecule has 112 valence electrons. The van der Waals surface area contributed by atoms with Gasteiger partial charge in [-0.3, -0.25) is 0 Å². The monoisotopic (exact) mass is 285 g/mol. The number of nitriles is 1. The van der Waals surface area contributed by atoms with Crippen LogP contribution in [0.15, 0.2) is 24.0 Å². The quantitative estimate of drug-likeness (QED) is 0.727. The van der Waals surface area contributed by atoms with E-state index in [1.54, 1.807) is 0 Å². The van der Waals surface area contributed by atoms with E-state index in [1.807, 2.05) is 26.0 Å². The SMILES string of the molecule is CCC1CC=C(CCCOc2c(C)cc(C#N)cc2C)O1. The maximum Gasteiger partial charge on any atom is 0.125 e. The second-order valence-corrected chi connectivity index (χ2v) is 5.56. The van der Waals surface area contributed by atoms with Crippen LogP contribution >= 0.6 is 0 Å². The Morgan fingerprint density at radius 1 is 1.33 bits per heavy atom. The molecule has 0 saturated heterocycles. The molecule has 1 heterocycles. The van der Waals surface area contributed by atoms with Gasteiger partial charge in [-0.25, -0.2) is 0 Å². The van der Waals surface area contributed by atoms with Gasteiger partial charge in [0.2, 0.25) is 0 Å². The van der Waals surface area contributed by atoms with Gasteiger partial charge in [-0.2, -0.15) is 5.26 Å². The molecule has 0 aliphatic carbocycles. The van der Waals surface area contributed by atoms with Crippen LogP contribution in [0.2, 0.25) is 0 Å². The van der Waals surface area contributed by atoms with Crippen LogP contribution in [-0.2, 0) is 4.74 Å². The average molecular weight is 285 g/mol. The molecule has 0 fully saturated rings. The third-order valence-electron chi connectivity index (χ3n) is 3.79. The van der Waals surface area contributed by atoms with Crippen LogP contribution in [0.3, 0.4) is 0 Å². The summed E-state index contributed by atoms with van der Waals surface area (Å²) in [7, 11) is 0. The molecule has 3 nitrogen and oxygen atoms in total. The Hall–Kier alpha value is -1.95. The van der Waals surface area contributed by atoms with Crippen molar-refractivity contribution < 1.29 is 9.47 Å². The minimum absolute atomic E-state index is 0.379. The third-order valence-corrected chi connectivity index (χ3v) is 3.79. The standard InChI is InChI=1S/C18H23NO2/c1-4-16-7-8-17(21-16)6-5-9-20-18-13(2)10-15(12-19)11-14(18)3/h8,10-11,16H,4-7,9H2,1-3H3. The van der Waals surface area contributed by atoms with Crippen molar-refractivity contribution in [2.45, 2.75) is 52.6 Å². The van der Waals surface area contributed by atoms with E-state index in [-0.39, 0.29) is 0 Å². The van der Waals surface area contributed by atoms with Crippen LogP contribution in [0, 0.1) is 25.2 Å². The van der Waals surface area contributed by atoms with Crippen molar-refractivity contribution in [3.63, 3.8) is 0 Å². The summed E-state index contributed by atoms with van der Waals surface area (Å²) in [5.41, 5.74) is 2.73. The highest BCUT2D eigenvalue weighted by molar-refractivity contribution is 5.47. The van der Waals surface area contributed by atoms with E-state index >= 15 is 0 Å². The van der Waals surface area contributed by atoms with E-state index in [2.05, 4.69) is 19.1 Å². The minimum atomic E-state index is 0.379. The molecular weight excluding hydrogens is 262 g/mol. The number of hydrogen-bond acceptors (Lipinski definition) is 3. The van der Waals surface area contributed by atoms with Crippen LogP contribution in [0.1, 0.15) is 49.3 Å². The van der Waals surface area contributed by atoms with E-state index in [4.69, 9.17) is 14.7 Å². The Morgan fingerprint density at radius 3 is 2.62 bits per heavy atom. The van der Waals surface area contributed by atoms with E-state index in [9.17, 15) is 0 Å². The van der Waals surface area contributed by atoms with Crippen LogP contribution in [0.25, 0.3) is 0 Å². The first-order valence-corrected chi connectivity index (χ1v) is 7.64. The van der Waals surface area contributed by atoms with E-state index in [0.29, 0.717) is 18.3 Å². The van der Waals surface area contributed by atoms with Gasteiger partial charge in [0.1, 0.15) is 11.9 Å². The van der Waals surface area contributed by atoms with Crippen LogP contribution < -0.4 is 4.74 Å². The Bertz CT molecular complexity index is 546. The Kier molecular flexibility index (Phi) is 5.27. The van der Waals surface area contributed by atoms with Crippen molar-refractivity contribution in [2.75, 3.05) is 6.61 Å². The summed E-state index contributed by atoms with van der Waals surface area (Å²) in [6.07, 6.45) is 6.57. The smallest absolute Gasteiger partial charge is 0.125 e. The zero-order valence-electron chi connectivity index (χ0n) is 13.1. The number of ether oxygens (including phenoxy) is 2. The number of rotatable bonds is 6. The van der Waals surface area contributed by atoms with Crippen LogP contribution in [-0.4, -0.2) is 12.7 Å². The largest absolute Gasteiger partial charge is 0.495 e. The number of benzene rings is 1. The molecule has 0 aromatic heterocycles. The zero-order chi connectivity index (χ0) is 15.2. The molecule has 0 saturated carbocycles. The lowest BCUT2D eigenvalue weighted by Crippen LogP contribution is -2.05. The summed E-state index contributed by atoms with van der Waals surface area (Å²) in [4.78, 5) is 0. The minimum Gasteiger partial charge on any atom is -0.495 e. The molecule has 1 atom stereocenters. The first-order chi connectivity index (χ1) is 10.1. The number of nitrogens with zero attached hydrogens (tertiary/aromatic N) is 1. The lowest BCUT2D eigenvalue weighted by atomic mass is 10.1. The molecule has 3 heteroatoms. The summed E-state index contributed by atoms with van der Waals surface area (Å²) >= 11 is 0. The second kappa shape index (κ2) is 7.17. The van der Waals surface area contributed by atoms with E-state index in [1.165, 1.54) is 0 Å². The van der Waals surface area contributed by atoms with Gasteiger partial charge in [0.05, 0.1) is 24.0 Å². The molecule has 1 aliphatic rings. The van der Waals surface area contributed by atoms with Crippen molar-refractivity contribution in [2.24, 2.45) is 0 Å². The Labute approximate surface area is 127 Å². The molecule has 0 bridgehead atoms. The molecule has 1 aromatic rings. The summed E-state index contributed by atoms with van der Waals surface area (Å²) in [5.74, 6) is 2.01. The molecule has 0 amide bonds. The first-order valence-electron chi connectivity index (χ1n) is 7.64. The van der Waals surface area contributed by atoms with Gasteiger partial charge in [0.25, 0.3) is 0 Å². The third kappa shape index (κ3) is 4.01. The van der Waals surface area contributed by atoms with Crippen molar-refractivity contribution in [3.05, 3.63) is 40.7 Å². The molecular formula is C18H23NO2. The maximum atomic E-state index is 8.94. The average Bonchev–Trinajstić information content (AvgIpc) is 2.93. The summed E-state index contributed by atoms with van der Waals surface area (Å²) in [5, 5.41) is 8.94. The number of hydrogen-bond donors (Lipinski definition) is 0. The van der Waals surface area contributed by atoms with Gasteiger partial charge in [-0.1, -0.05) is 6.92 Å². The Morgan fingerprint density at radius 2 is 2.05 bits per heavy atom. The zero-order valence-corrected chi connectivity index (χ0v) is 13.1. The van der Waals surface area contributed by atoms with Gasteiger partial charge in [-0.15, -0.1) is 0 Å². The van der Waals surface area contributed by atoms with Gasteiger partial charge < -0.3 is 9.47 Å². The highest BCUT2D eigenvalue weighted by atomic mass is 16.5. The summed E-state index contributed by atoms with van der Waals surface area (Å²) in [6.45, 7) is 6.79. The van der Waals surface area contributed by atoms with Crippen molar-refractivity contribution >= 4 is 0 Å².